The van der Waals surface area contributed by atoms with Crippen LogP contribution < -0.4 is 5.32 Å². The van der Waals surface area contributed by atoms with Crippen molar-refractivity contribution >= 4 is 17.4 Å². The number of hydrogen-bond donors (Lipinski definition) is 1. The third kappa shape index (κ3) is 4.81. The minimum Gasteiger partial charge on any atom is -0.332 e. The Hall–Kier alpha value is -1.95. The van der Waals surface area contributed by atoms with E-state index >= 15 is 0 Å². The van der Waals surface area contributed by atoms with Gasteiger partial charge in [-0.3, -0.25) is 0 Å². The summed E-state index contributed by atoms with van der Waals surface area (Å²) in [5, 5.41) is 6.13. The van der Waals surface area contributed by atoms with E-state index in [0.717, 1.165) is 54.8 Å². The number of thiazole rings is 1. The maximum atomic E-state index is 13.7. The van der Waals surface area contributed by atoms with Crippen molar-refractivity contribution in [2.24, 2.45) is 0 Å². The highest BCUT2D eigenvalue weighted by Crippen LogP contribution is 2.30. The molecule has 1 aromatic heterocycles. The van der Waals surface area contributed by atoms with Crippen molar-refractivity contribution in [2.75, 3.05) is 6.54 Å². The van der Waals surface area contributed by atoms with Crippen LogP contribution in [0.1, 0.15) is 61.3 Å². The van der Waals surface area contributed by atoms with E-state index in [4.69, 9.17) is 0 Å². The van der Waals surface area contributed by atoms with Crippen LogP contribution in [-0.2, 0) is 13.0 Å². The monoisotopic (exact) mass is 375 g/mol. The maximum Gasteiger partial charge on any atom is 0.318 e. The van der Waals surface area contributed by atoms with Crippen LogP contribution in [0.5, 0.6) is 0 Å². The number of urea groups is 1. The highest BCUT2D eigenvalue weighted by atomic mass is 32.1. The third-order valence-electron chi connectivity index (χ3n) is 4.73. The van der Waals surface area contributed by atoms with Crippen molar-refractivity contribution in [2.45, 2.75) is 58.0 Å². The summed E-state index contributed by atoms with van der Waals surface area (Å²) in [4.78, 5) is 19.2. The second-order valence-electron chi connectivity index (χ2n) is 6.75. The van der Waals surface area contributed by atoms with Gasteiger partial charge in [0.25, 0.3) is 0 Å². The molecule has 0 bridgehead atoms. The molecule has 3 rings (SSSR count). The standard InChI is InChI=1S/C20H26FN3OS/c1-2-7-19-23-17(14-26-19)13-22-20(25)24-11-5-3-4-10-18(24)15-8-6-9-16(21)12-15/h6,8-9,12,14,18H,2-5,7,10-11,13H2,1H3,(H,22,25)/t18-/m0/s1. The zero-order chi connectivity index (χ0) is 18.4. The van der Waals surface area contributed by atoms with Crippen molar-refractivity contribution in [1.29, 1.82) is 0 Å². The van der Waals surface area contributed by atoms with Gasteiger partial charge in [-0.15, -0.1) is 11.3 Å². The van der Waals surface area contributed by atoms with E-state index in [1.165, 1.54) is 6.07 Å². The van der Waals surface area contributed by atoms with E-state index in [-0.39, 0.29) is 17.9 Å². The molecule has 0 saturated carbocycles. The first-order chi connectivity index (χ1) is 12.7. The first-order valence-electron chi connectivity index (χ1n) is 9.40. The van der Waals surface area contributed by atoms with Gasteiger partial charge in [-0.05, 0) is 43.4 Å². The summed E-state index contributed by atoms with van der Waals surface area (Å²) < 4.78 is 13.7. The van der Waals surface area contributed by atoms with Crippen LogP contribution in [0.15, 0.2) is 29.6 Å². The van der Waals surface area contributed by atoms with Crippen LogP contribution in [-0.4, -0.2) is 22.5 Å². The van der Waals surface area contributed by atoms with Crippen molar-refractivity contribution < 1.29 is 9.18 Å². The van der Waals surface area contributed by atoms with E-state index in [2.05, 4.69) is 17.2 Å². The van der Waals surface area contributed by atoms with E-state index in [1.54, 1.807) is 23.5 Å². The highest BCUT2D eigenvalue weighted by molar-refractivity contribution is 7.09. The topological polar surface area (TPSA) is 45.2 Å². The molecule has 0 spiro atoms. The Kier molecular flexibility index (Phi) is 6.61. The second kappa shape index (κ2) is 9.12. The van der Waals surface area contributed by atoms with Crippen LogP contribution in [0.3, 0.4) is 0 Å². The smallest absolute Gasteiger partial charge is 0.318 e. The maximum absolute atomic E-state index is 13.7. The largest absolute Gasteiger partial charge is 0.332 e. The zero-order valence-electron chi connectivity index (χ0n) is 15.2. The molecular weight excluding hydrogens is 349 g/mol. The van der Waals surface area contributed by atoms with Crippen LogP contribution in [0.4, 0.5) is 9.18 Å². The summed E-state index contributed by atoms with van der Waals surface area (Å²) in [6, 6.07) is 6.46. The van der Waals surface area contributed by atoms with Gasteiger partial charge in [0.1, 0.15) is 5.82 Å². The van der Waals surface area contributed by atoms with Crippen LogP contribution >= 0.6 is 11.3 Å². The fourth-order valence-electron chi connectivity index (χ4n) is 3.44. The zero-order valence-corrected chi connectivity index (χ0v) is 16.0. The number of nitrogens with zero attached hydrogens (tertiary/aromatic N) is 2. The lowest BCUT2D eigenvalue weighted by atomic mass is 10.0. The molecule has 1 fully saturated rings. The molecular formula is C20H26FN3OS. The Balaban J connectivity index is 1.67. The van der Waals surface area contributed by atoms with E-state index in [9.17, 15) is 9.18 Å². The summed E-state index contributed by atoms with van der Waals surface area (Å²) in [6.45, 7) is 3.27. The molecule has 1 aliphatic heterocycles. The number of carbonyl (C=O) groups excluding carboxylic acids is 1. The number of benzene rings is 1. The average molecular weight is 376 g/mol. The Morgan fingerprint density at radius 2 is 2.27 bits per heavy atom. The fourth-order valence-corrected chi connectivity index (χ4v) is 4.34. The number of nitrogens with one attached hydrogen (secondary N) is 1. The summed E-state index contributed by atoms with van der Waals surface area (Å²) in [5.41, 5.74) is 1.78. The van der Waals surface area contributed by atoms with Gasteiger partial charge in [0.05, 0.1) is 23.3 Å². The van der Waals surface area contributed by atoms with E-state index in [1.807, 2.05) is 16.3 Å². The molecule has 140 valence electrons. The quantitative estimate of drug-likeness (QED) is 0.794. The molecule has 0 unspecified atom stereocenters. The predicted molar refractivity (Wildman–Crippen MR) is 103 cm³/mol. The first-order valence-corrected chi connectivity index (χ1v) is 10.3. The van der Waals surface area contributed by atoms with Crippen LogP contribution in [0.2, 0.25) is 0 Å². The Morgan fingerprint density at radius 1 is 1.38 bits per heavy atom. The molecule has 6 heteroatoms. The predicted octanol–water partition coefficient (Wildman–Crippen LogP) is 5.06. The van der Waals surface area contributed by atoms with Gasteiger partial charge < -0.3 is 10.2 Å². The summed E-state index contributed by atoms with van der Waals surface area (Å²) in [7, 11) is 0. The van der Waals surface area contributed by atoms with Gasteiger partial charge in [0.15, 0.2) is 0 Å². The normalized spacial score (nSPS) is 17.8. The van der Waals surface area contributed by atoms with Crippen LogP contribution in [0.25, 0.3) is 0 Å². The van der Waals surface area contributed by atoms with Gasteiger partial charge in [-0.1, -0.05) is 31.9 Å². The molecule has 1 atom stereocenters. The lowest BCUT2D eigenvalue weighted by Crippen LogP contribution is -2.42. The molecule has 26 heavy (non-hydrogen) atoms. The summed E-state index contributed by atoms with van der Waals surface area (Å²) in [5.74, 6) is -0.252. The second-order valence-corrected chi connectivity index (χ2v) is 7.70. The summed E-state index contributed by atoms with van der Waals surface area (Å²) in [6.07, 6.45) is 6.05. The van der Waals surface area contributed by atoms with Gasteiger partial charge in [-0.25, -0.2) is 14.2 Å². The van der Waals surface area contributed by atoms with Gasteiger partial charge in [-0.2, -0.15) is 0 Å². The van der Waals surface area contributed by atoms with Crippen LogP contribution in [0, 0.1) is 5.82 Å². The van der Waals surface area contributed by atoms with Crippen molar-refractivity contribution in [1.82, 2.24) is 15.2 Å². The minimum atomic E-state index is -0.252. The molecule has 1 N–H and O–H groups in total. The lowest BCUT2D eigenvalue weighted by molar-refractivity contribution is 0.175. The van der Waals surface area contributed by atoms with E-state index < -0.39 is 0 Å². The molecule has 1 aromatic carbocycles. The number of aryl methyl sites for hydroxylation is 1. The van der Waals surface area contributed by atoms with Crippen molar-refractivity contribution in [3.8, 4) is 0 Å². The molecule has 4 nitrogen and oxygen atoms in total. The first kappa shape index (κ1) is 18.8. The number of aromatic nitrogens is 1. The number of halogens is 1. The number of hydrogen-bond acceptors (Lipinski definition) is 3. The third-order valence-corrected chi connectivity index (χ3v) is 5.69. The van der Waals surface area contributed by atoms with Crippen molar-refractivity contribution in [3.63, 3.8) is 0 Å². The van der Waals surface area contributed by atoms with Crippen molar-refractivity contribution in [3.05, 3.63) is 51.7 Å². The molecule has 1 aliphatic rings. The van der Waals surface area contributed by atoms with Gasteiger partial charge in [0, 0.05) is 11.9 Å². The Labute approximate surface area is 158 Å². The SMILES string of the molecule is CCCc1nc(CNC(=O)N2CCCCC[C@H]2c2cccc(F)c2)cs1. The molecule has 0 aliphatic carbocycles. The van der Waals surface area contributed by atoms with E-state index in [0.29, 0.717) is 13.1 Å². The minimum absolute atomic E-state index is 0.0701. The number of amides is 2. The molecule has 1 saturated heterocycles. The molecule has 2 amide bonds. The highest BCUT2D eigenvalue weighted by Gasteiger charge is 2.27. The summed E-state index contributed by atoms with van der Waals surface area (Å²) >= 11 is 1.65. The average Bonchev–Trinajstić information content (AvgIpc) is 2.93. The number of carbonyl (C=O) groups is 1. The van der Waals surface area contributed by atoms with Gasteiger partial charge >= 0.3 is 6.03 Å². The number of likely N-dealkylation sites (tertiary alicyclic amines) is 1. The molecule has 2 heterocycles. The Morgan fingerprint density at radius 3 is 3.08 bits per heavy atom. The van der Waals surface area contributed by atoms with Gasteiger partial charge in [0.2, 0.25) is 0 Å². The lowest BCUT2D eigenvalue weighted by Gasteiger charge is -2.30. The fraction of sp³-hybridized carbons (Fsp3) is 0.500. The number of rotatable bonds is 5. The Bertz CT molecular complexity index is 733. The molecule has 2 aromatic rings. The molecule has 0 radical (unpaired) electrons.